The quantitative estimate of drug-likeness (QED) is 0.932. The van der Waals surface area contributed by atoms with Crippen LogP contribution in [0.25, 0.3) is 0 Å². The van der Waals surface area contributed by atoms with E-state index in [9.17, 15) is 4.79 Å². The second kappa shape index (κ2) is 6.48. The average molecular weight is 314 g/mol. The molecule has 4 rings (SSSR count). The van der Waals surface area contributed by atoms with E-state index < -0.39 is 0 Å². The number of hydrogen-bond acceptors (Lipinski definition) is 3. The van der Waals surface area contributed by atoms with Crippen molar-refractivity contribution < 1.29 is 4.79 Å². The molecule has 2 aliphatic heterocycles. The molecule has 5 heteroatoms. The van der Waals surface area contributed by atoms with Crippen LogP contribution < -0.4 is 5.32 Å². The van der Waals surface area contributed by atoms with Crippen LogP contribution in [0.1, 0.15) is 44.2 Å². The first-order valence-electron chi connectivity index (χ1n) is 9.02. The van der Waals surface area contributed by atoms with Gasteiger partial charge in [-0.25, -0.2) is 4.79 Å². The number of rotatable bonds is 3. The molecule has 1 aliphatic carbocycles. The van der Waals surface area contributed by atoms with Crippen LogP contribution in [0.2, 0.25) is 0 Å². The van der Waals surface area contributed by atoms with Crippen molar-refractivity contribution in [1.29, 1.82) is 0 Å². The van der Waals surface area contributed by atoms with Gasteiger partial charge in [-0.3, -0.25) is 9.88 Å². The Morgan fingerprint density at radius 3 is 2.74 bits per heavy atom. The van der Waals surface area contributed by atoms with E-state index in [0.29, 0.717) is 18.1 Å². The summed E-state index contributed by atoms with van der Waals surface area (Å²) >= 11 is 0. The van der Waals surface area contributed by atoms with E-state index in [4.69, 9.17) is 0 Å². The molecule has 3 fully saturated rings. The molecule has 1 aromatic heterocycles. The zero-order valence-electron chi connectivity index (χ0n) is 13.7. The Balaban J connectivity index is 1.36. The highest BCUT2D eigenvalue weighted by atomic mass is 16.2. The van der Waals surface area contributed by atoms with Crippen LogP contribution in [0.15, 0.2) is 24.4 Å². The van der Waals surface area contributed by atoms with Crippen LogP contribution in [-0.4, -0.2) is 52.0 Å². The molecule has 1 aromatic rings. The summed E-state index contributed by atoms with van der Waals surface area (Å²) in [5.41, 5.74) is 1.13. The number of nitrogens with zero attached hydrogens (tertiary/aromatic N) is 3. The Morgan fingerprint density at radius 2 is 1.96 bits per heavy atom. The molecule has 3 heterocycles. The van der Waals surface area contributed by atoms with Gasteiger partial charge >= 0.3 is 6.03 Å². The minimum atomic E-state index is 0.170. The number of likely N-dealkylation sites (tertiary alicyclic amines) is 2. The summed E-state index contributed by atoms with van der Waals surface area (Å²) in [5, 5.41) is 3.25. The van der Waals surface area contributed by atoms with Crippen LogP contribution in [0, 0.1) is 0 Å². The Hall–Kier alpha value is -1.62. The van der Waals surface area contributed by atoms with Gasteiger partial charge in [0, 0.05) is 37.9 Å². The first-order valence-corrected chi connectivity index (χ1v) is 9.02. The zero-order valence-corrected chi connectivity index (χ0v) is 13.7. The standard InChI is InChI=1S/C18H26N4O/c23-18(20-14-5-1-2-6-14)22-12-9-16-17(22)8-11-21(16)13-15-7-3-4-10-19-15/h3-4,7,10,14,16-17H,1-2,5-6,8-9,11-13H2,(H,20,23)/t16-,17+/m0/s1. The van der Waals surface area contributed by atoms with Crippen molar-refractivity contribution in [1.82, 2.24) is 20.1 Å². The summed E-state index contributed by atoms with van der Waals surface area (Å²) < 4.78 is 0. The SMILES string of the molecule is O=C(NC1CCCC1)N1CC[C@H]2[C@H]1CCN2Cc1ccccn1. The number of aromatic nitrogens is 1. The van der Waals surface area contributed by atoms with Crippen LogP contribution in [0.4, 0.5) is 4.79 Å². The number of fused-ring (bicyclic) bond motifs is 1. The topological polar surface area (TPSA) is 48.5 Å². The maximum absolute atomic E-state index is 12.6. The van der Waals surface area contributed by atoms with Gasteiger partial charge < -0.3 is 10.2 Å². The second-order valence-corrected chi connectivity index (χ2v) is 7.13. The van der Waals surface area contributed by atoms with Gasteiger partial charge in [-0.05, 0) is 37.8 Å². The van der Waals surface area contributed by atoms with Gasteiger partial charge in [0.1, 0.15) is 0 Å². The molecule has 23 heavy (non-hydrogen) atoms. The third kappa shape index (κ3) is 3.07. The van der Waals surface area contributed by atoms with Gasteiger partial charge in [0.25, 0.3) is 0 Å². The third-order valence-corrected chi connectivity index (χ3v) is 5.73. The summed E-state index contributed by atoms with van der Waals surface area (Å²) in [6, 6.07) is 7.57. The Labute approximate surface area is 138 Å². The maximum Gasteiger partial charge on any atom is 0.317 e. The molecule has 3 aliphatic rings. The Bertz CT molecular complexity index is 543. The lowest BCUT2D eigenvalue weighted by atomic mass is 10.1. The first kappa shape index (κ1) is 14.9. The number of nitrogens with one attached hydrogen (secondary N) is 1. The Morgan fingerprint density at radius 1 is 1.13 bits per heavy atom. The van der Waals surface area contributed by atoms with Gasteiger partial charge in [0.2, 0.25) is 0 Å². The van der Waals surface area contributed by atoms with E-state index in [-0.39, 0.29) is 6.03 Å². The number of hydrogen-bond donors (Lipinski definition) is 1. The van der Waals surface area contributed by atoms with Crippen molar-refractivity contribution >= 4 is 6.03 Å². The van der Waals surface area contributed by atoms with Crippen molar-refractivity contribution in [2.45, 2.75) is 63.2 Å². The lowest BCUT2D eigenvalue weighted by Crippen LogP contribution is -2.47. The number of amides is 2. The van der Waals surface area contributed by atoms with Gasteiger partial charge in [-0.15, -0.1) is 0 Å². The monoisotopic (exact) mass is 314 g/mol. The molecule has 1 saturated carbocycles. The highest BCUT2D eigenvalue weighted by molar-refractivity contribution is 5.75. The Kier molecular flexibility index (Phi) is 4.21. The summed E-state index contributed by atoms with van der Waals surface area (Å²) in [6.45, 7) is 2.87. The van der Waals surface area contributed by atoms with Gasteiger partial charge in [-0.1, -0.05) is 18.9 Å². The smallest absolute Gasteiger partial charge is 0.317 e. The molecule has 0 bridgehead atoms. The highest BCUT2D eigenvalue weighted by Crippen LogP contribution is 2.32. The van der Waals surface area contributed by atoms with Crippen molar-refractivity contribution in [2.24, 2.45) is 0 Å². The summed E-state index contributed by atoms with van der Waals surface area (Å²) in [4.78, 5) is 21.6. The molecule has 0 aromatic carbocycles. The zero-order chi connectivity index (χ0) is 15.6. The largest absolute Gasteiger partial charge is 0.335 e. The van der Waals surface area contributed by atoms with Crippen LogP contribution in [0.3, 0.4) is 0 Å². The second-order valence-electron chi connectivity index (χ2n) is 7.13. The molecule has 5 nitrogen and oxygen atoms in total. The summed E-state index contributed by atoms with van der Waals surface area (Å²) in [6.07, 6.45) is 8.87. The molecule has 2 atom stereocenters. The number of urea groups is 1. The van der Waals surface area contributed by atoms with Gasteiger partial charge in [0.15, 0.2) is 0 Å². The van der Waals surface area contributed by atoms with E-state index in [0.717, 1.165) is 51.0 Å². The lowest BCUT2D eigenvalue weighted by molar-refractivity contribution is 0.183. The third-order valence-electron chi connectivity index (χ3n) is 5.73. The highest BCUT2D eigenvalue weighted by Gasteiger charge is 2.44. The van der Waals surface area contributed by atoms with E-state index in [1.807, 2.05) is 18.3 Å². The van der Waals surface area contributed by atoms with Crippen molar-refractivity contribution in [3.63, 3.8) is 0 Å². The number of carbonyl (C=O) groups is 1. The predicted octanol–water partition coefficient (Wildman–Crippen LogP) is 2.38. The molecule has 2 saturated heterocycles. The molecule has 2 amide bonds. The van der Waals surface area contributed by atoms with E-state index in [1.54, 1.807) is 0 Å². The van der Waals surface area contributed by atoms with E-state index in [2.05, 4.69) is 26.2 Å². The normalized spacial score (nSPS) is 28.3. The minimum absolute atomic E-state index is 0.170. The molecular formula is C18H26N4O. The van der Waals surface area contributed by atoms with Crippen LogP contribution in [0.5, 0.6) is 0 Å². The molecule has 0 unspecified atom stereocenters. The van der Waals surface area contributed by atoms with Crippen molar-refractivity contribution in [3.8, 4) is 0 Å². The van der Waals surface area contributed by atoms with Crippen molar-refractivity contribution in [3.05, 3.63) is 30.1 Å². The fraction of sp³-hybridized carbons (Fsp3) is 0.667. The molecule has 0 spiro atoms. The number of carbonyl (C=O) groups excluding carboxylic acids is 1. The first-order chi connectivity index (χ1) is 11.3. The average Bonchev–Trinajstić information content (AvgIpc) is 3.27. The molecule has 1 N–H and O–H groups in total. The van der Waals surface area contributed by atoms with Gasteiger partial charge in [0.05, 0.1) is 11.7 Å². The van der Waals surface area contributed by atoms with E-state index in [1.165, 1.54) is 12.8 Å². The number of pyridine rings is 1. The fourth-order valence-corrected chi connectivity index (χ4v) is 4.55. The fourth-order valence-electron chi connectivity index (χ4n) is 4.55. The lowest BCUT2D eigenvalue weighted by Gasteiger charge is -2.27. The molecular weight excluding hydrogens is 288 g/mol. The predicted molar refractivity (Wildman–Crippen MR) is 89.0 cm³/mol. The molecule has 0 radical (unpaired) electrons. The van der Waals surface area contributed by atoms with Crippen LogP contribution >= 0.6 is 0 Å². The molecule has 124 valence electrons. The van der Waals surface area contributed by atoms with Crippen LogP contribution in [-0.2, 0) is 6.54 Å². The maximum atomic E-state index is 12.6. The van der Waals surface area contributed by atoms with E-state index >= 15 is 0 Å². The minimum Gasteiger partial charge on any atom is -0.335 e. The van der Waals surface area contributed by atoms with Gasteiger partial charge in [-0.2, -0.15) is 0 Å². The summed E-state index contributed by atoms with van der Waals surface area (Å²) in [5.74, 6) is 0. The summed E-state index contributed by atoms with van der Waals surface area (Å²) in [7, 11) is 0. The van der Waals surface area contributed by atoms with Crippen molar-refractivity contribution in [2.75, 3.05) is 13.1 Å².